The summed E-state index contributed by atoms with van der Waals surface area (Å²) in [6.45, 7) is 6.03. The molecule has 3 rings (SSSR count). The Bertz CT molecular complexity index is 892. The number of aryl methyl sites for hydroxylation is 1. The molecule has 0 saturated carbocycles. The van der Waals surface area contributed by atoms with Gasteiger partial charge in [0.25, 0.3) is 5.91 Å². The molecule has 1 saturated heterocycles. The van der Waals surface area contributed by atoms with E-state index in [-0.39, 0.29) is 11.8 Å². The van der Waals surface area contributed by atoms with Gasteiger partial charge in [-0.05, 0) is 57.0 Å². The maximum Gasteiger partial charge on any atom is 0.255 e. The van der Waals surface area contributed by atoms with Gasteiger partial charge in [-0.25, -0.2) is 13.1 Å². The number of likely N-dealkylation sites (tertiary alicyclic amines) is 1. The van der Waals surface area contributed by atoms with E-state index in [2.05, 4.69) is 14.9 Å². The molecule has 0 aromatic heterocycles. The number of rotatable bonds is 9. The number of nitrogens with zero attached hydrogens (tertiary/aromatic N) is 1. The molecular formula is C22H35N3O6S. The molecule has 32 heavy (non-hydrogen) atoms. The summed E-state index contributed by atoms with van der Waals surface area (Å²) in [6.07, 6.45) is 3.81. The molecule has 9 nitrogen and oxygen atoms in total. The zero-order chi connectivity index (χ0) is 23.1. The van der Waals surface area contributed by atoms with Gasteiger partial charge in [-0.3, -0.25) is 4.79 Å². The predicted molar refractivity (Wildman–Crippen MR) is 122 cm³/mol. The number of amides is 1. The molecule has 180 valence electrons. The van der Waals surface area contributed by atoms with E-state index < -0.39 is 16.1 Å². The Morgan fingerprint density at radius 2 is 2.03 bits per heavy atom. The Morgan fingerprint density at radius 3 is 2.78 bits per heavy atom. The molecule has 1 aromatic rings. The number of aliphatic hydroxyl groups is 1. The zero-order valence-electron chi connectivity index (χ0n) is 18.9. The lowest BCUT2D eigenvalue weighted by Gasteiger charge is -2.36. The minimum atomic E-state index is -3.14. The van der Waals surface area contributed by atoms with Gasteiger partial charge in [0.15, 0.2) is 11.5 Å². The summed E-state index contributed by atoms with van der Waals surface area (Å²) in [5, 5.41) is 13.5. The van der Waals surface area contributed by atoms with E-state index >= 15 is 0 Å². The normalized spacial score (nSPS) is 21.7. The van der Waals surface area contributed by atoms with Crippen LogP contribution in [0, 0.1) is 12.8 Å². The molecule has 0 bridgehead atoms. The van der Waals surface area contributed by atoms with E-state index in [4.69, 9.17) is 9.47 Å². The van der Waals surface area contributed by atoms with Crippen LogP contribution in [-0.2, 0) is 10.0 Å². The Hall–Kier alpha value is -1.88. The van der Waals surface area contributed by atoms with Crippen LogP contribution in [0.15, 0.2) is 12.1 Å². The smallest absolute Gasteiger partial charge is 0.255 e. The van der Waals surface area contributed by atoms with Crippen molar-refractivity contribution in [2.24, 2.45) is 5.92 Å². The van der Waals surface area contributed by atoms with Gasteiger partial charge in [0.2, 0.25) is 10.0 Å². The average Bonchev–Trinajstić information content (AvgIpc) is 2.96. The van der Waals surface area contributed by atoms with Crippen molar-refractivity contribution in [3.63, 3.8) is 0 Å². The summed E-state index contributed by atoms with van der Waals surface area (Å²) in [5.41, 5.74) is 1.40. The number of carbonyl (C=O) groups excluding carboxylic acids is 1. The number of nitrogens with one attached hydrogen (secondary N) is 2. The molecular weight excluding hydrogens is 434 g/mol. The highest BCUT2D eigenvalue weighted by atomic mass is 32.2. The highest BCUT2D eigenvalue weighted by Crippen LogP contribution is 2.34. The third kappa shape index (κ3) is 7.33. The molecule has 1 aromatic carbocycles. The first-order chi connectivity index (χ1) is 15.2. The second-order valence-corrected chi connectivity index (χ2v) is 10.5. The van der Waals surface area contributed by atoms with Gasteiger partial charge in [-0.2, -0.15) is 0 Å². The van der Waals surface area contributed by atoms with Crippen molar-refractivity contribution in [3.05, 3.63) is 23.3 Å². The fourth-order valence-electron chi connectivity index (χ4n) is 4.10. The molecule has 1 fully saturated rings. The van der Waals surface area contributed by atoms with Gasteiger partial charge in [0, 0.05) is 32.0 Å². The van der Waals surface area contributed by atoms with E-state index in [1.165, 1.54) is 0 Å². The zero-order valence-corrected chi connectivity index (χ0v) is 19.7. The van der Waals surface area contributed by atoms with Crippen molar-refractivity contribution in [1.29, 1.82) is 0 Å². The SMILES string of the molecule is Cc1cc2c(c(C(=O)NC[C@@H]3CCN(CCCCNS(C)(=O)=O)C[C@H]3O)c1)OCCCO2. The lowest BCUT2D eigenvalue weighted by molar-refractivity contribution is 0.0216. The third-order valence-electron chi connectivity index (χ3n) is 5.83. The molecule has 1 amide bonds. The standard InChI is InChI=1S/C22H35N3O6S/c1-16-12-18(21-20(13-16)30-10-5-11-31-21)22(27)23-14-17-6-9-25(15-19(17)26)8-4-3-7-24-32(2,28)29/h12-13,17,19,24,26H,3-11,14-15H2,1-2H3,(H,23,27)/t17-,19+/m0/s1. The van der Waals surface area contributed by atoms with Crippen LogP contribution in [0.4, 0.5) is 0 Å². The van der Waals surface area contributed by atoms with E-state index in [0.29, 0.717) is 49.9 Å². The van der Waals surface area contributed by atoms with E-state index in [1.54, 1.807) is 6.07 Å². The lowest BCUT2D eigenvalue weighted by atomic mass is 9.93. The maximum absolute atomic E-state index is 12.9. The predicted octanol–water partition coefficient (Wildman–Crippen LogP) is 0.898. The van der Waals surface area contributed by atoms with Crippen molar-refractivity contribution in [1.82, 2.24) is 14.9 Å². The quantitative estimate of drug-likeness (QED) is 0.460. The average molecular weight is 470 g/mol. The molecule has 2 heterocycles. The molecule has 2 aliphatic heterocycles. The van der Waals surface area contributed by atoms with E-state index in [1.807, 2.05) is 13.0 Å². The van der Waals surface area contributed by atoms with Crippen LogP contribution in [0.25, 0.3) is 0 Å². The van der Waals surface area contributed by atoms with Crippen molar-refractivity contribution in [2.45, 2.75) is 38.7 Å². The highest BCUT2D eigenvalue weighted by molar-refractivity contribution is 7.88. The Labute approximate surface area is 190 Å². The van der Waals surface area contributed by atoms with Crippen LogP contribution in [-0.4, -0.2) is 82.6 Å². The molecule has 3 N–H and O–H groups in total. The van der Waals surface area contributed by atoms with Crippen LogP contribution < -0.4 is 19.5 Å². The fraction of sp³-hybridized carbons (Fsp3) is 0.682. The number of unbranched alkanes of at least 4 members (excludes halogenated alkanes) is 1. The van der Waals surface area contributed by atoms with Crippen molar-refractivity contribution in [3.8, 4) is 11.5 Å². The van der Waals surface area contributed by atoms with Crippen LogP contribution in [0.2, 0.25) is 0 Å². The summed E-state index contributed by atoms with van der Waals surface area (Å²) in [6, 6.07) is 3.69. The highest BCUT2D eigenvalue weighted by Gasteiger charge is 2.28. The summed E-state index contributed by atoms with van der Waals surface area (Å²) in [5.74, 6) is 0.866. The van der Waals surface area contributed by atoms with Gasteiger partial charge in [-0.15, -0.1) is 0 Å². The lowest BCUT2D eigenvalue weighted by Crippen LogP contribution is -2.47. The second kappa shape index (κ2) is 11.3. The number of ether oxygens (including phenoxy) is 2. The van der Waals surface area contributed by atoms with Crippen LogP contribution >= 0.6 is 0 Å². The topological polar surface area (TPSA) is 117 Å². The largest absolute Gasteiger partial charge is 0.490 e. The fourth-order valence-corrected chi connectivity index (χ4v) is 4.62. The van der Waals surface area contributed by atoms with Crippen LogP contribution in [0.3, 0.4) is 0 Å². The summed E-state index contributed by atoms with van der Waals surface area (Å²) in [4.78, 5) is 15.1. The Morgan fingerprint density at radius 1 is 1.25 bits per heavy atom. The first kappa shape index (κ1) is 24.8. The Kier molecular flexibility index (Phi) is 8.75. The first-order valence-electron chi connectivity index (χ1n) is 11.3. The van der Waals surface area contributed by atoms with Crippen molar-refractivity contribution < 1.29 is 27.8 Å². The third-order valence-corrected chi connectivity index (χ3v) is 6.56. The monoisotopic (exact) mass is 469 g/mol. The number of sulfonamides is 1. The molecule has 2 aliphatic rings. The molecule has 0 aliphatic carbocycles. The van der Waals surface area contributed by atoms with E-state index in [9.17, 15) is 18.3 Å². The second-order valence-electron chi connectivity index (χ2n) is 8.69. The van der Waals surface area contributed by atoms with Crippen LogP contribution in [0.5, 0.6) is 11.5 Å². The molecule has 10 heteroatoms. The first-order valence-corrected chi connectivity index (χ1v) is 13.2. The van der Waals surface area contributed by atoms with Gasteiger partial charge in [0.05, 0.1) is 31.1 Å². The van der Waals surface area contributed by atoms with Crippen LogP contribution in [0.1, 0.15) is 41.6 Å². The summed E-state index contributed by atoms with van der Waals surface area (Å²) in [7, 11) is -3.14. The number of piperidine rings is 1. The number of fused-ring (bicyclic) bond motifs is 1. The number of hydrogen-bond donors (Lipinski definition) is 3. The van der Waals surface area contributed by atoms with Crippen molar-refractivity contribution >= 4 is 15.9 Å². The Balaban J connectivity index is 1.45. The summed E-state index contributed by atoms with van der Waals surface area (Å²) < 4.78 is 36.1. The van der Waals surface area contributed by atoms with Gasteiger partial charge < -0.3 is 24.8 Å². The molecule has 0 spiro atoms. The van der Waals surface area contributed by atoms with Crippen molar-refractivity contribution in [2.75, 3.05) is 52.2 Å². The minimum absolute atomic E-state index is 0.0114. The van der Waals surface area contributed by atoms with Gasteiger partial charge >= 0.3 is 0 Å². The number of hydrogen-bond acceptors (Lipinski definition) is 7. The molecule has 0 unspecified atom stereocenters. The molecule has 2 atom stereocenters. The minimum Gasteiger partial charge on any atom is -0.490 e. The maximum atomic E-state index is 12.9. The number of benzene rings is 1. The van der Waals surface area contributed by atoms with Gasteiger partial charge in [-0.1, -0.05) is 0 Å². The van der Waals surface area contributed by atoms with E-state index in [0.717, 1.165) is 50.6 Å². The molecule has 0 radical (unpaired) electrons. The number of β-amino-alcohol motifs (C(OH)–C–C–N with tert-alkyl or cyclic N) is 1. The number of carbonyl (C=O) groups is 1. The number of aliphatic hydroxyl groups excluding tert-OH is 1. The van der Waals surface area contributed by atoms with Gasteiger partial charge in [0.1, 0.15) is 0 Å². The summed E-state index contributed by atoms with van der Waals surface area (Å²) >= 11 is 0.